The number of rotatable bonds is 5. The van der Waals surface area contributed by atoms with Gasteiger partial charge in [0.25, 0.3) is 0 Å². The van der Waals surface area contributed by atoms with Crippen molar-refractivity contribution in [3.63, 3.8) is 0 Å². The first-order chi connectivity index (χ1) is 13.8. The maximum atomic E-state index is 13.3. The predicted octanol–water partition coefficient (Wildman–Crippen LogP) is 4.76. The highest BCUT2D eigenvalue weighted by Gasteiger charge is 2.54. The van der Waals surface area contributed by atoms with Crippen molar-refractivity contribution < 1.29 is 14.7 Å². The standard InChI is InChI=1S/C22H22Cl2N2O3/c23-15-6-4-5-14(11-15)13-22(26-21(20(28)29)9-2-1-3-10-21)17-8-7-16(24)12-18(17)25-19(22)27/h4-8,11-12,26H,1-3,9-10,13H2,(H,25,27)(H,28,29). The molecule has 1 aliphatic carbocycles. The topological polar surface area (TPSA) is 78.4 Å². The van der Waals surface area contributed by atoms with Crippen molar-refractivity contribution in [3.8, 4) is 0 Å². The molecule has 3 N–H and O–H groups in total. The number of aliphatic carboxylic acids is 1. The third-order valence-electron chi connectivity index (χ3n) is 6.00. The van der Waals surface area contributed by atoms with E-state index in [1.165, 1.54) is 0 Å². The van der Waals surface area contributed by atoms with Gasteiger partial charge in [-0.1, -0.05) is 60.7 Å². The Hall–Kier alpha value is -2.08. The molecule has 1 aliphatic heterocycles. The van der Waals surface area contributed by atoms with Gasteiger partial charge in [-0.2, -0.15) is 0 Å². The van der Waals surface area contributed by atoms with Crippen LogP contribution in [0.15, 0.2) is 42.5 Å². The van der Waals surface area contributed by atoms with E-state index in [1.807, 2.05) is 12.1 Å². The molecular formula is C22H22Cl2N2O3. The van der Waals surface area contributed by atoms with Crippen LogP contribution in [0.3, 0.4) is 0 Å². The van der Waals surface area contributed by atoms with Gasteiger partial charge in [0.15, 0.2) is 0 Å². The number of hydrogen-bond donors (Lipinski definition) is 3. The van der Waals surface area contributed by atoms with Gasteiger partial charge in [0, 0.05) is 27.7 Å². The summed E-state index contributed by atoms with van der Waals surface area (Å²) >= 11 is 12.3. The fraction of sp³-hybridized carbons (Fsp3) is 0.364. The lowest BCUT2D eigenvalue weighted by Gasteiger charge is -2.42. The lowest BCUT2D eigenvalue weighted by atomic mass is 9.76. The molecule has 1 fully saturated rings. The number of anilines is 1. The molecule has 1 heterocycles. The van der Waals surface area contributed by atoms with E-state index in [-0.39, 0.29) is 12.3 Å². The Balaban J connectivity index is 1.84. The first-order valence-electron chi connectivity index (χ1n) is 9.73. The number of carboxylic acid groups (broad SMARTS) is 1. The Labute approximate surface area is 179 Å². The molecule has 2 aromatic rings. The van der Waals surface area contributed by atoms with Crippen molar-refractivity contribution in [2.24, 2.45) is 0 Å². The van der Waals surface area contributed by atoms with Crippen LogP contribution in [0.25, 0.3) is 0 Å². The Bertz CT molecular complexity index is 972. The van der Waals surface area contributed by atoms with Crippen molar-refractivity contribution in [1.29, 1.82) is 0 Å². The van der Waals surface area contributed by atoms with Crippen molar-refractivity contribution in [1.82, 2.24) is 5.32 Å². The zero-order valence-electron chi connectivity index (χ0n) is 15.8. The minimum Gasteiger partial charge on any atom is -0.480 e. The molecule has 1 amide bonds. The quantitative estimate of drug-likeness (QED) is 0.636. The number of nitrogens with one attached hydrogen (secondary N) is 2. The third kappa shape index (κ3) is 3.63. The monoisotopic (exact) mass is 432 g/mol. The molecule has 0 bridgehead atoms. The van der Waals surface area contributed by atoms with Crippen LogP contribution >= 0.6 is 23.2 Å². The largest absolute Gasteiger partial charge is 0.480 e. The molecule has 2 aromatic carbocycles. The number of carbonyl (C=O) groups is 2. The van der Waals surface area contributed by atoms with Gasteiger partial charge in [0.05, 0.1) is 0 Å². The molecule has 1 atom stereocenters. The summed E-state index contributed by atoms with van der Waals surface area (Å²) in [7, 11) is 0. The van der Waals surface area contributed by atoms with E-state index >= 15 is 0 Å². The summed E-state index contributed by atoms with van der Waals surface area (Å²) in [6.45, 7) is 0. The second kappa shape index (κ2) is 7.63. The Morgan fingerprint density at radius 2 is 1.79 bits per heavy atom. The van der Waals surface area contributed by atoms with Crippen molar-refractivity contribution >= 4 is 40.8 Å². The normalized spacial score (nSPS) is 22.8. The fourth-order valence-electron chi connectivity index (χ4n) is 4.60. The van der Waals surface area contributed by atoms with Crippen LogP contribution in [0.4, 0.5) is 5.69 Å². The molecule has 0 saturated heterocycles. The SMILES string of the molecule is O=C(O)C1(NC2(Cc3cccc(Cl)c3)C(=O)Nc3cc(Cl)ccc32)CCCCC1. The molecule has 0 aromatic heterocycles. The lowest BCUT2D eigenvalue weighted by Crippen LogP contribution is -2.64. The molecule has 1 saturated carbocycles. The van der Waals surface area contributed by atoms with Gasteiger partial charge in [-0.15, -0.1) is 0 Å². The molecule has 29 heavy (non-hydrogen) atoms. The van der Waals surface area contributed by atoms with Crippen molar-refractivity contribution in [2.75, 3.05) is 5.32 Å². The minimum atomic E-state index is -1.22. The zero-order valence-corrected chi connectivity index (χ0v) is 17.3. The number of amides is 1. The van der Waals surface area contributed by atoms with E-state index in [2.05, 4.69) is 10.6 Å². The van der Waals surface area contributed by atoms with Gasteiger partial charge >= 0.3 is 5.97 Å². The highest BCUT2D eigenvalue weighted by atomic mass is 35.5. The molecule has 7 heteroatoms. The van der Waals surface area contributed by atoms with Crippen LogP contribution in [-0.2, 0) is 21.5 Å². The van der Waals surface area contributed by atoms with E-state index in [1.54, 1.807) is 30.3 Å². The van der Waals surface area contributed by atoms with E-state index in [9.17, 15) is 14.7 Å². The van der Waals surface area contributed by atoms with Gasteiger partial charge < -0.3 is 10.4 Å². The molecule has 0 spiro atoms. The van der Waals surface area contributed by atoms with Gasteiger partial charge in [-0.05, 0) is 42.7 Å². The second-order valence-electron chi connectivity index (χ2n) is 7.93. The van der Waals surface area contributed by atoms with E-state index < -0.39 is 17.0 Å². The molecule has 5 nitrogen and oxygen atoms in total. The number of carboxylic acids is 1. The van der Waals surface area contributed by atoms with Gasteiger partial charge in [0.2, 0.25) is 5.91 Å². The molecule has 152 valence electrons. The summed E-state index contributed by atoms with van der Waals surface area (Å²) in [5.74, 6) is -1.20. The van der Waals surface area contributed by atoms with Crippen molar-refractivity contribution in [2.45, 2.75) is 49.6 Å². The Morgan fingerprint density at radius 1 is 1.07 bits per heavy atom. The number of halogens is 2. The molecule has 4 rings (SSSR count). The van der Waals surface area contributed by atoms with Gasteiger partial charge in [-0.25, -0.2) is 0 Å². The van der Waals surface area contributed by atoms with Crippen molar-refractivity contribution in [3.05, 3.63) is 63.6 Å². The highest BCUT2D eigenvalue weighted by Crippen LogP contribution is 2.43. The van der Waals surface area contributed by atoms with E-state index in [0.29, 0.717) is 34.1 Å². The maximum absolute atomic E-state index is 13.3. The van der Waals surface area contributed by atoms with E-state index in [0.717, 1.165) is 24.8 Å². The van der Waals surface area contributed by atoms with Crippen LogP contribution in [0.2, 0.25) is 10.0 Å². The van der Waals surface area contributed by atoms with Crippen LogP contribution in [-0.4, -0.2) is 22.5 Å². The summed E-state index contributed by atoms with van der Waals surface area (Å²) < 4.78 is 0. The lowest BCUT2D eigenvalue weighted by molar-refractivity contribution is -0.148. The third-order valence-corrected chi connectivity index (χ3v) is 6.47. The summed E-state index contributed by atoms with van der Waals surface area (Å²) in [4.78, 5) is 25.7. The van der Waals surface area contributed by atoms with Crippen LogP contribution in [0, 0.1) is 0 Å². The predicted molar refractivity (Wildman–Crippen MR) is 114 cm³/mol. The fourth-order valence-corrected chi connectivity index (χ4v) is 4.98. The van der Waals surface area contributed by atoms with E-state index in [4.69, 9.17) is 23.2 Å². The summed E-state index contributed by atoms with van der Waals surface area (Å²) in [5.41, 5.74) is -0.221. The van der Waals surface area contributed by atoms with Gasteiger partial charge in [-0.3, -0.25) is 14.9 Å². The summed E-state index contributed by atoms with van der Waals surface area (Å²) in [5, 5.41) is 17.4. The average Bonchev–Trinajstić information content (AvgIpc) is 2.93. The number of hydrogen-bond acceptors (Lipinski definition) is 3. The maximum Gasteiger partial charge on any atom is 0.323 e. The Morgan fingerprint density at radius 3 is 2.48 bits per heavy atom. The van der Waals surface area contributed by atoms with Gasteiger partial charge in [0.1, 0.15) is 11.1 Å². The molecular weight excluding hydrogens is 411 g/mol. The van der Waals surface area contributed by atoms with Crippen LogP contribution in [0.5, 0.6) is 0 Å². The zero-order chi connectivity index (χ0) is 20.6. The molecule has 0 radical (unpaired) electrons. The smallest absolute Gasteiger partial charge is 0.323 e. The second-order valence-corrected chi connectivity index (χ2v) is 8.80. The average molecular weight is 433 g/mol. The number of carbonyl (C=O) groups excluding carboxylic acids is 1. The molecule has 1 unspecified atom stereocenters. The number of fused-ring (bicyclic) bond motifs is 1. The summed E-state index contributed by atoms with van der Waals surface area (Å²) in [6, 6.07) is 12.5. The summed E-state index contributed by atoms with van der Waals surface area (Å²) in [6.07, 6.45) is 3.86. The van der Waals surface area contributed by atoms with Crippen LogP contribution < -0.4 is 10.6 Å². The molecule has 2 aliphatic rings. The Kier molecular flexibility index (Phi) is 5.32. The highest BCUT2D eigenvalue weighted by molar-refractivity contribution is 6.31. The minimum absolute atomic E-state index is 0.277. The van der Waals surface area contributed by atoms with Crippen LogP contribution in [0.1, 0.15) is 43.2 Å². The first kappa shape index (κ1) is 20.2. The number of benzene rings is 2. The first-order valence-corrected chi connectivity index (χ1v) is 10.5.